The number of amides is 1. The highest BCUT2D eigenvalue weighted by atomic mass is 35.5. The molecule has 1 amide bonds. The minimum atomic E-state index is -0.305. The van der Waals surface area contributed by atoms with Gasteiger partial charge in [0.1, 0.15) is 12.4 Å². The molecule has 1 atom stereocenters. The van der Waals surface area contributed by atoms with Gasteiger partial charge < -0.3 is 14.8 Å². The van der Waals surface area contributed by atoms with Crippen molar-refractivity contribution in [2.45, 2.75) is 30.9 Å². The van der Waals surface area contributed by atoms with Crippen LogP contribution < -0.4 is 10.1 Å². The number of aryl methyl sites for hydroxylation is 1. The molecule has 2 N–H and O–H groups in total. The van der Waals surface area contributed by atoms with E-state index in [1.807, 2.05) is 13.0 Å². The molecule has 0 aliphatic heterocycles. The van der Waals surface area contributed by atoms with Gasteiger partial charge in [0.05, 0.1) is 11.9 Å². The Kier molecular flexibility index (Phi) is 7.54. The summed E-state index contributed by atoms with van der Waals surface area (Å²) in [4.78, 5) is 16.2. The number of nitrogens with one attached hydrogen (secondary N) is 2. The molecule has 0 aliphatic rings. The van der Waals surface area contributed by atoms with Crippen LogP contribution in [0.5, 0.6) is 5.75 Å². The lowest BCUT2D eigenvalue weighted by molar-refractivity contribution is -0.120. The SMILES string of the molecule is COCCNC(=O)[C@@H](C)Sc1n[nH]c(COc2ccc(Cl)c(C)c2)n1. The number of rotatable bonds is 9. The molecular weight excluding hydrogens is 364 g/mol. The van der Waals surface area contributed by atoms with E-state index in [4.69, 9.17) is 21.1 Å². The summed E-state index contributed by atoms with van der Waals surface area (Å²) in [7, 11) is 1.59. The minimum Gasteiger partial charge on any atom is -0.486 e. The number of H-pyrrole nitrogens is 1. The third kappa shape index (κ3) is 6.22. The Hall–Kier alpha value is -1.77. The average Bonchev–Trinajstić information content (AvgIpc) is 3.03. The third-order valence-corrected chi connectivity index (χ3v) is 4.66. The first kappa shape index (κ1) is 19.6. The van der Waals surface area contributed by atoms with Crippen molar-refractivity contribution >= 4 is 29.3 Å². The molecule has 0 saturated carbocycles. The van der Waals surface area contributed by atoms with E-state index in [9.17, 15) is 4.79 Å². The Balaban J connectivity index is 1.83. The normalized spacial score (nSPS) is 12.0. The molecule has 0 fully saturated rings. The van der Waals surface area contributed by atoms with Crippen LogP contribution in [0.1, 0.15) is 18.3 Å². The highest BCUT2D eigenvalue weighted by Crippen LogP contribution is 2.22. The van der Waals surface area contributed by atoms with Gasteiger partial charge in [-0.1, -0.05) is 23.4 Å². The molecule has 7 nitrogen and oxygen atoms in total. The number of carbonyl (C=O) groups is 1. The number of aromatic nitrogens is 3. The van der Waals surface area contributed by atoms with Crippen molar-refractivity contribution in [3.05, 3.63) is 34.6 Å². The molecule has 1 heterocycles. The number of ether oxygens (including phenoxy) is 2. The summed E-state index contributed by atoms with van der Waals surface area (Å²) in [5.41, 5.74) is 0.946. The molecule has 0 saturated heterocycles. The van der Waals surface area contributed by atoms with Crippen LogP contribution in [0.2, 0.25) is 5.02 Å². The van der Waals surface area contributed by atoms with Crippen LogP contribution in [-0.4, -0.2) is 46.6 Å². The zero-order chi connectivity index (χ0) is 18.2. The number of aromatic amines is 1. The summed E-state index contributed by atoms with van der Waals surface area (Å²) in [6.45, 7) is 4.93. The summed E-state index contributed by atoms with van der Waals surface area (Å²) in [6.07, 6.45) is 0. The zero-order valence-corrected chi connectivity index (χ0v) is 15.9. The van der Waals surface area contributed by atoms with E-state index < -0.39 is 0 Å². The van der Waals surface area contributed by atoms with Gasteiger partial charge in [0.2, 0.25) is 11.1 Å². The van der Waals surface area contributed by atoms with Crippen LogP contribution in [0.15, 0.2) is 23.4 Å². The molecular formula is C16H21ClN4O3S. The van der Waals surface area contributed by atoms with Gasteiger partial charge >= 0.3 is 0 Å². The first-order valence-electron chi connectivity index (χ1n) is 7.73. The number of carbonyl (C=O) groups excluding carboxylic acids is 1. The topological polar surface area (TPSA) is 89.1 Å². The smallest absolute Gasteiger partial charge is 0.233 e. The number of methoxy groups -OCH3 is 1. The predicted octanol–water partition coefficient (Wildman–Crippen LogP) is 2.59. The van der Waals surface area contributed by atoms with Gasteiger partial charge in [0.15, 0.2) is 5.82 Å². The predicted molar refractivity (Wildman–Crippen MR) is 97.1 cm³/mol. The van der Waals surface area contributed by atoms with Crippen molar-refractivity contribution in [3.63, 3.8) is 0 Å². The molecule has 0 bridgehead atoms. The Morgan fingerprint density at radius 1 is 1.48 bits per heavy atom. The van der Waals surface area contributed by atoms with Crippen molar-refractivity contribution in [3.8, 4) is 5.75 Å². The number of benzene rings is 1. The van der Waals surface area contributed by atoms with E-state index in [0.717, 1.165) is 5.56 Å². The molecule has 2 aromatic rings. The first-order valence-corrected chi connectivity index (χ1v) is 8.99. The van der Waals surface area contributed by atoms with Crippen LogP contribution in [0.25, 0.3) is 0 Å². The number of hydrogen-bond donors (Lipinski definition) is 2. The van der Waals surface area contributed by atoms with Gasteiger partial charge in [0.25, 0.3) is 0 Å². The lowest BCUT2D eigenvalue weighted by atomic mass is 10.2. The van der Waals surface area contributed by atoms with Crippen molar-refractivity contribution in [2.24, 2.45) is 0 Å². The highest BCUT2D eigenvalue weighted by Gasteiger charge is 2.16. The summed E-state index contributed by atoms with van der Waals surface area (Å²) in [5.74, 6) is 1.21. The Morgan fingerprint density at radius 3 is 3.00 bits per heavy atom. The number of nitrogens with zero attached hydrogens (tertiary/aromatic N) is 2. The second-order valence-corrected chi connectivity index (χ2v) is 7.02. The van der Waals surface area contributed by atoms with Gasteiger partial charge in [-0.3, -0.25) is 9.89 Å². The fourth-order valence-electron chi connectivity index (χ4n) is 1.89. The van der Waals surface area contributed by atoms with E-state index in [0.29, 0.717) is 34.9 Å². The minimum absolute atomic E-state index is 0.0821. The molecule has 1 aromatic carbocycles. The fraction of sp³-hybridized carbons (Fsp3) is 0.438. The molecule has 1 aromatic heterocycles. The molecule has 0 aliphatic carbocycles. The van der Waals surface area contributed by atoms with E-state index in [2.05, 4.69) is 20.5 Å². The van der Waals surface area contributed by atoms with E-state index >= 15 is 0 Å². The van der Waals surface area contributed by atoms with Gasteiger partial charge in [-0.25, -0.2) is 4.98 Å². The summed E-state index contributed by atoms with van der Waals surface area (Å²) < 4.78 is 10.6. The molecule has 25 heavy (non-hydrogen) atoms. The lowest BCUT2D eigenvalue weighted by Crippen LogP contribution is -2.33. The van der Waals surface area contributed by atoms with Crippen LogP contribution in [0, 0.1) is 6.92 Å². The maximum Gasteiger partial charge on any atom is 0.233 e. The summed E-state index contributed by atoms with van der Waals surface area (Å²) in [5, 5.41) is 10.6. The van der Waals surface area contributed by atoms with Gasteiger partial charge in [0, 0.05) is 18.7 Å². The quantitative estimate of drug-likeness (QED) is 0.510. The molecule has 0 radical (unpaired) electrons. The number of thioether (sulfide) groups is 1. The van der Waals surface area contributed by atoms with Crippen LogP contribution in [-0.2, 0) is 16.1 Å². The molecule has 136 valence electrons. The Labute approximate surface area is 155 Å². The standard InChI is InChI=1S/C16H21ClN4O3S/c1-10-8-12(4-5-13(10)17)24-9-14-19-16(21-20-14)25-11(2)15(22)18-6-7-23-3/h4-5,8,11H,6-7,9H2,1-3H3,(H,18,22)(H,19,20,21)/t11-/m1/s1. The largest absolute Gasteiger partial charge is 0.486 e. The monoisotopic (exact) mass is 384 g/mol. The van der Waals surface area contributed by atoms with Crippen molar-refractivity contribution in [2.75, 3.05) is 20.3 Å². The number of halogens is 1. The van der Waals surface area contributed by atoms with Crippen LogP contribution in [0.4, 0.5) is 0 Å². The van der Waals surface area contributed by atoms with E-state index in [1.165, 1.54) is 11.8 Å². The van der Waals surface area contributed by atoms with Crippen molar-refractivity contribution in [1.82, 2.24) is 20.5 Å². The van der Waals surface area contributed by atoms with Gasteiger partial charge in [-0.05, 0) is 37.6 Å². The van der Waals surface area contributed by atoms with Crippen LogP contribution in [0.3, 0.4) is 0 Å². The second kappa shape index (κ2) is 9.65. The molecule has 0 unspecified atom stereocenters. The second-order valence-electron chi connectivity index (χ2n) is 5.31. The molecule has 9 heteroatoms. The first-order chi connectivity index (χ1) is 12.0. The maximum atomic E-state index is 11.9. The molecule has 2 rings (SSSR count). The average molecular weight is 385 g/mol. The lowest BCUT2D eigenvalue weighted by Gasteiger charge is -2.09. The maximum absolute atomic E-state index is 11.9. The fourth-order valence-corrected chi connectivity index (χ4v) is 2.77. The van der Waals surface area contributed by atoms with Gasteiger partial charge in [-0.15, -0.1) is 5.10 Å². The van der Waals surface area contributed by atoms with Gasteiger partial charge in [-0.2, -0.15) is 0 Å². The summed E-state index contributed by atoms with van der Waals surface area (Å²) in [6, 6.07) is 5.45. The Morgan fingerprint density at radius 2 is 2.28 bits per heavy atom. The van der Waals surface area contributed by atoms with E-state index in [1.54, 1.807) is 26.2 Å². The molecule has 0 spiro atoms. The Bertz CT molecular complexity index is 710. The van der Waals surface area contributed by atoms with E-state index in [-0.39, 0.29) is 17.8 Å². The van der Waals surface area contributed by atoms with Crippen molar-refractivity contribution < 1.29 is 14.3 Å². The number of hydrogen-bond acceptors (Lipinski definition) is 6. The zero-order valence-electron chi connectivity index (χ0n) is 14.3. The van der Waals surface area contributed by atoms with Crippen molar-refractivity contribution in [1.29, 1.82) is 0 Å². The summed E-state index contributed by atoms with van der Waals surface area (Å²) >= 11 is 7.27. The third-order valence-electron chi connectivity index (χ3n) is 3.27. The highest BCUT2D eigenvalue weighted by molar-refractivity contribution is 8.00. The van der Waals surface area contributed by atoms with Crippen LogP contribution >= 0.6 is 23.4 Å².